The topological polar surface area (TPSA) is 118 Å². The van der Waals surface area contributed by atoms with Gasteiger partial charge >= 0.3 is 5.97 Å². The molecule has 0 spiro atoms. The van der Waals surface area contributed by atoms with Gasteiger partial charge in [-0.05, 0) is 70.8 Å². The second-order valence-electron chi connectivity index (χ2n) is 10.0. The number of nitrogens with zero attached hydrogens (tertiary/aromatic N) is 2. The summed E-state index contributed by atoms with van der Waals surface area (Å²) in [5, 5.41) is 11.2. The van der Waals surface area contributed by atoms with Gasteiger partial charge in [-0.25, -0.2) is 4.79 Å². The predicted octanol–water partition coefficient (Wildman–Crippen LogP) is 8.52. The summed E-state index contributed by atoms with van der Waals surface area (Å²) < 4.78 is 0. The summed E-state index contributed by atoms with van der Waals surface area (Å²) in [7, 11) is 0. The van der Waals surface area contributed by atoms with Crippen molar-refractivity contribution in [2.45, 2.75) is 0 Å². The number of nitrogens with two attached hydrogens (primary N) is 1. The molecule has 0 bridgehead atoms. The monoisotopic (exact) mass is 618 g/mol. The van der Waals surface area contributed by atoms with Gasteiger partial charge in [0.05, 0.1) is 0 Å². The van der Waals surface area contributed by atoms with Crippen molar-refractivity contribution >= 4 is 35.4 Å². The molecule has 2 aromatic heterocycles. The molecule has 0 aliphatic heterocycles. The standard InChI is InChI=1S/C20H16N2O.C11H10N2.C9H8O2/c23-20(12-11-16-6-2-1-3-7-16)22-19-10-4-8-17(14-19)18-9-5-13-21-15-18;12-11-5-1-3-9(7-11)10-4-2-6-13-8-10;10-9(11)7-6-8-4-2-1-3-5-8/h1-15H,(H,22,23);1-8H,12H2;1-7H,(H,10,11)/b12-11+;;7-6+. The van der Waals surface area contributed by atoms with E-state index in [0.717, 1.165) is 50.8 Å². The van der Waals surface area contributed by atoms with Gasteiger partial charge in [-0.3, -0.25) is 14.8 Å². The Morgan fingerprint density at radius 3 is 1.60 bits per heavy atom. The van der Waals surface area contributed by atoms with Crippen molar-refractivity contribution in [1.82, 2.24) is 9.97 Å². The van der Waals surface area contributed by atoms with Crippen LogP contribution in [0.15, 0.2) is 170 Å². The van der Waals surface area contributed by atoms with Gasteiger partial charge in [-0.2, -0.15) is 0 Å². The molecule has 0 saturated carbocycles. The lowest BCUT2D eigenvalue weighted by atomic mass is 10.1. The first-order valence-electron chi connectivity index (χ1n) is 14.7. The lowest BCUT2D eigenvalue weighted by Gasteiger charge is -2.06. The van der Waals surface area contributed by atoms with Gasteiger partial charge in [-0.1, -0.05) is 97.1 Å². The number of carboxylic acid groups (broad SMARTS) is 1. The number of pyridine rings is 2. The molecular weight excluding hydrogens is 584 g/mol. The minimum absolute atomic E-state index is 0.155. The normalized spacial score (nSPS) is 10.3. The van der Waals surface area contributed by atoms with Crippen molar-refractivity contribution in [2.75, 3.05) is 11.1 Å². The molecule has 7 nitrogen and oxygen atoms in total. The van der Waals surface area contributed by atoms with Crippen LogP contribution in [-0.4, -0.2) is 27.0 Å². The average molecular weight is 619 g/mol. The molecule has 6 aromatic rings. The third-order valence-electron chi connectivity index (χ3n) is 6.45. The fourth-order valence-corrected chi connectivity index (χ4v) is 4.21. The number of nitrogens with one attached hydrogen (secondary N) is 1. The molecule has 0 aliphatic rings. The molecule has 0 fully saturated rings. The summed E-state index contributed by atoms with van der Waals surface area (Å²) in [5.41, 5.74) is 13.3. The third kappa shape index (κ3) is 12.1. The van der Waals surface area contributed by atoms with Crippen LogP contribution in [0.2, 0.25) is 0 Å². The number of carbonyl (C=O) groups excluding carboxylic acids is 1. The summed E-state index contributed by atoms with van der Waals surface area (Å²) >= 11 is 0. The number of aliphatic carboxylic acids is 1. The molecule has 7 heteroatoms. The van der Waals surface area contributed by atoms with Crippen LogP contribution in [0.1, 0.15) is 11.1 Å². The first kappa shape index (κ1) is 33.3. The maximum atomic E-state index is 12.0. The fourth-order valence-electron chi connectivity index (χ4n) is 4.21. The second kappa shape index (κ2) is 18.3. The molecule has 0 radical (unpaired) electrons. The molecule has 0 atom stereocenters. The molecule has 47 heavy (non-hydrogen) atoms. The number of carboxylic acids is 1. The second-order valence-corrected chi connectivity index (χ2v) is 10.0. The van der Waals surface area contributed by atoms with Gasteiger partial charge < -0.3 is 16.2 Å². The highest BCUT2D eigenvalue weighted by molar-refractivity contribution is 6.02. The Balaban J connectivity index is 0.000000176. The summed E-state index contributed by atoms with van der Waals surface area (Å²) in [4.78, 5) is 30.3. The van der Waals surface area contributed by atoms with Crippen LogP contribution in [0, 0.1) is 0 Å². The molecule has 0 saturated heterocycles. The fraction of sp³-hybridized carbons (Fsp3) is 0. The Bertz CT molecular complexity index is 1890. The van der Waals surface area contributed by atoms with Crippen LogP contribution >= 0.6 is 0 Å². The molecule has 1 amide bonds. The van der Waals surface area contributed by atoms with Crippen LogP contribution < -0.4 is 11.1 Å². The highest BCUT2D eigenvalue weighted by Crippen LogP contribution is 2.22. The van der Waals surface area contributed by atoms with E-state index in [1.165, 1.54) is 6.08 Å². The minimum Gasteiger partial charge on any atom is -0.478 e. The predicted molar refractivity (Wildman–Crippen MR) is 191 cm³/mol. The van der Waals surface area contributed by atoms with E-state index in [1.807, 2.05) is 140 Å². The number of anilines is 2. The Labute approximate surface area is 274 Å². The minimum atomic E-state index is -0.922. The summed E-state index contributed by atoms with van der Waals surface area (Å²) in [5.74, 6) is -1.08. The Morgan fingerprint density at radius 1 is 0.574 bits per heavy atom. The average Bonchev–Trinajstić information content (AvgIpc) is 3.12. The molecule has 0 aliphatic carbocycles. The smallest absolute Gasteiger partial charge is 0.328 e. The van der Waals surface area contributed by atoms with Crippen molar-refractivity contribution in [3.8, 4) is 22.3 Å². The third-order valence-corrected chi connectivity index (χ3v) is 6.45. The quantitative estimate of drug-likeness (QED) is 0.122. The highest BCUT2D eigenvalue weighted by atomic mass is 16.4. The van der Waals surface area contributed by atoms with Crippen LogP contribution in [0.3, 0.4) is 0 Å². The Morgan fingerprint density at radius 2 is 1.09 bits per heavy atom. The number of nitrogen functional groups attached to an aromatic ring is 1. The van der Waals surface area contributed by atoms with E-state index in [9.17, 15) is 9.59 Å². The first-order valence-corrected chi connectivity index (χ1v) is 14.7. The van der Waals surface area contributed by atoms with Crippen LogP contribution in [-0.2, 0) is 9.59 Å². The van der Waals surface area contributed by atoms with Gasteiger partial charge in [0.15, 0.2) is 0 Å². The van der Waals surface area contributed by atoms with Crippen molar-refractivity contribution in [3.63, 3.8) is 0 Å². The Hall–Kier alpha value is -6.60. The van der Waals surface area contributed by atoms with Gasteiger partial charge in [0, 0.05) is 59.4 Å². The van der Waals surface area contributed by atoms with E-state index in [4.69, 9.17) is 10.8 Å². The van der Waals surface area contributed by atoms with E-state index in [2.05, 4.69) is 15.3 Å². The number of hydrogen-bond donors (Lipinski definition) is 3. The van der Waals surface area contributed by atoms with Crippen molar-refractivity contribution in [1.29, 1.82) is 0 Å². The molecule has 232 valence electrons. The maximum absolute atomic E-state index is 12.0. The SMILES string of the molecule is Nc1cccc(-c2cccnc2)c1.O=C(/C=C/c1ccccc1)Nc1cccc(-c2cccnc2)c1.O=C(O)/C=C/c1ccccc1. The molecular formula is C40H34N4O3. The van der Waals surface area contributed by atoms with Crippen molar-refractivity contribution < 1.29 is 14.7 Å². The van der Waals surface area contributed by atoms with Crippen LogP contribution in [0.5, 0.6) is 0 Å². The van der Waals surface area contributed by atoms with Crippen molar-refractivity contribution in [2.24, 2.45) is 0 Å². The van der Waals surface area contributed by atoms with Crippen LogP contribution in [0.25, 0.3) is 34.4 Å². The number of carbonyl (C=O) groups is 2. The van der Waals surface area contributed by atoms with Gasteiger partial charge in [0.25, 0.3) is 0 Å². The van der Waals surface area contributed by atoms with E-state index in [-0.39, 0.29) is 5.91 Å². The van der Waals surface area contributed by atoms with E-state index < -0.39 is 5.97 Å². The van der Waals surface area contributed by atoms with E-state index in [0.29, 0.717) is 0 Å². The number of rotatable bonds is 7. The van der Waals surface area contributed by atoms with Gasteiger partial charge in [-0.15, -0.1) is 0 Å². The Kier molecular flexibility index (Phi) is 12.9. The van der Waals surface area contributed by atoms with Crippen molar-refractivity contribution in [3.05, 3.63) is 182 Å². The van der Waals surface area contributed by atoms with Gasteiger partial charge in [0.1, 0.15) is 0 Å². The lowest BCUT2D eigenvalue weighted by molar-refractivity contribution is -0.131. The zero-order valence-corrected chi connectivity index (χ0v) is 25.6. The largest absolute Gasteiger partial charge is 0.478 e. The lowest BCUT2D eigenvalue weighted by Crippen LogP contribution is -2.07. The van der Waals surface area contributed by atoms with E-state index >= 15 is 0 Å². The number of amides is 1. The molecule has 4 aromatic carbocycles. The van der Waals surface area contributed by atoms with Crippen LogP contribution in [0.4, 0.5) is 11.4 Å². The summed E-state index contributed by atoms with van der Waals surface area (Å²) in [6.07, 6.45) is 13.1. The van der Waals surface area contributed by atoms with Gasteiger partial charge in [0.2, 0.25) is 5.91 Å². The van der Waals surface area contributed by atoms with E-state index in [1.54, 1.807) is 30.7 Å². The first-order chi connectivity index (χ1) is 23.0. The molecule has 4 N–H and O–H groups in total. The highest BCUT2D eigenvalue weighted by Gasteiger charge is 2.02. The number of hydrogen-bond acceptors (Lipinski definition) is 5. The summed E-state index contributed by atoms with van der Waals surface area (Å²) in [6.45, 7) is 0. The molecule has 2 heterocycles. The maximum Gasteiger partial charge on any atom is 0.328 e. The zero-order valence-electron chi connectivity index (χ0n) is 25.6. The zero-order chi connectivity index (χ0) is 33.1. The number of benzene rings is 4. The summed E-state index contributed by atoms with van der Waals surface area (Å²) in [6, 6.07) is 42.3. The molecule has 6 rings (SSSR count). The molecule has 0 unspecified atom stereocenters. The number of aromatic nitrogens is 2.